The molecule has 0 aliphatic carbocycles. The molecule has 3 atom stereocenters. The van der Waals surface area contributed by atoms with Gasteiger partial charge in [-0.3, -0.25) is 39.0 Å². The fraction of sp³-hybridized carbons (Fsp3) is 0.400. The van der Waals surface area contributed by atoms with E-state index in [0.29, 0.717) is 34.5 Å². The molecule has 5 amide bonds. The second kappa shape index (κ2) is 15.5. The predicted octanol–water partition coefficient (Wildman–Crippen LogP) is 1.70. The van der Waals surface area contributed by atoms with Crippen LogP contribution in [0.4, 0.5) is 11.4 Å². The minimum atomic E-state index is -1.03. The summed E-state index contributed by atoms with van der Waals surface area (Å²) in [5.41, 5.74) is 2.95. The predicted molar refractivity (Wildman–Crippen MR) is 191 cm³/mol. The number of anilines is 2. The van der Waals surface area contributed by atoms with Gasteiger partial charge in [0, 0.05) is 56.9 Å². The number of carbonyl (C=O) groups excluding carboxylic acids is 5. The molecule has 4 N–H and O–H groups in total. The fourth-order valence-electron chi connectivity index (χ4n) is 6.76. The lowest BCUT2D eigenvalue weighted by atomic mass is 9.87. The smallest absolute Gasteiger partial charge is 0.282 e. The summed E-state index contributed by atoms with van der Waals surface area (Å²) >= 11 is 3.39. The number of likely N-dealkylation sites (N-methyl/N-ethyl adjacent to an activating group) is 1. The van der Waals surface area contributed by atoms with Crippen LogP contribution in [0.15, 0.2) is 57.9 Å². The van der Waals surface area contributed by atoms with Crippen LogP contribution in [0.3, 0.4) is 0 Å². The monoisotopic (exact) mass is 762 g/mol. The highest BCUT2D eigenvalue weighted by Crippen LogP contribution is 2.33. The molecule has 3 aliphatic heterocycles. The van der Waals surface area contributed by atoms with Crippen molar-refractivity contribution in [2.45, 2.75) is 37.3 Å². The number of aromatic nitrogens is 2. The van der Waals surface area contributed by atoms with E-state index >= 15 is 0 Å². The molecule has 1 aromatic heterocycles. The Morgan fingerprint density at radius 2 is 1.75 bits per heavy atom. The molecule has 3 aromatic rings. The lowest BCUT2D eigenvalue weighted by molar-refractivity contribution is -0.136. The number of benzene rings is 2. The quantitative estimate of drug-likeness (QED) is 0.156. The van der Waals surface area contributed by atoms with E-state index in [2.05, 4.69) is 54.2 Å². The first-order chi connectivity index (χ1) is 24.5. The number of hydrogen-bond acceptors (Lipinski definition) is 11. The molecule has 2 aromatic carbocycles. The number of amides is 5. The van der Waals surface area contributed by atoms with Crippen molar-refractivity contribution >= 4 is 56.8 Å². The molecule has 3 aliphatic rings. The molecule has 0 saturated carbocycles. The van der Waals surface area contributed by atoms with Crippen molar-refractivity contribution in [3.63, 3.8) is 0 Å². The van der Waals surface area contributed by atoms with E-state index in [1.54, 1.807) is 25.4 Å². The molecule has 0 radical (unpaired) electrons. The number of halogens is 1. The zero-order valence-corrected chi connectivity index (χ0v) is 29.8. The van der Waals surface area contributed by atoms with Gasteiger partial charge in [0.15, 0.2) is 0 Å². The van der Waals surface area contributed by atoms with Crippen LogP contribution in [0.5, 0.6) is 0 Å². The summed E-state index contributed by atoms with van der Waals surface area (Å²) < 4.78 is 7.41. The van der Waals surface area contributed by atoms with Crippen molar-refractivity contribution < 1.29 is 28.7 Å². The van der Waals surface area contributed by atoms with E-state index in [1.807, 2.05) is 24.3 Å². The number of aryl methyl sites for hydroxylation is 1. The number of fused-ring (bicyclic) bond motifs is 1. The molecule has 0 bridgehead atoms. The van der Waals surface area contributed by atoms with Crippen LogP contribution in [0, 0.1) is 0 Å². The number of rotatable bonds is 12. The van der Waals surface area contributed by atoms with Crippen molar-refractivity contribution in [2.75, 3.05) is 57.1 Å². The first-order valence-electron chi connectivity index (χ1n) is 16.7. The van der Waals surface area contributed by atoms with Gasteiger partial charge in [0.2, 0.25) is 11.8 Å². The third-order valence-corrected chi connectivity index (χ3v) is 10.0. The maximum absolute atomic E-state index is 13.2. The van der Waals surface area contributed by atoms with Crippen LogP contribution in [0.25, 0.3) is 0 Å². The molecule has 16 heteroatoms. The van der Waals surface area contributed by atoms with Crippen LogP contribution >= 0.6 is 15.9 Å². The van der Waals surface area contributed by atoms with E-state index < -0.39 is 29.7 Å². The molecule has 0 spiro atoms. The van der Waals surface area contributed by atoms with E-state index in [0.717, 1.165) is 30.0 Å². The third-order valence-electron chi connectivity index (χ3n) is 9.28. The normalized spacial score (nSPS) is 20.6. The average molecular weight is 764 g/mol. The van der Waals surface area contributed by atoms with Crippen molar-refractivity contribution in [2.24, 2.45) is 7.05 Å². The summed E-state index contributed by atoms with van der Waals surface area (Å²) in [6, 6.07) is 11.5. The highest BCUT2D eigenvalue weighted by molar-refractivity contribution is 9.10. The van der Waals surface area contributed by atoms with Crippen molar-refractivity contribution in [1.82, 2.24) is 30.2 Å². The van der Waals surface area contributed by atoms with Crippen molar-refractivity contribution in [3.8, 4) is 0 Å². The van der Waals surface area contributed by atoms with Gasteiger partial charge in [0.05, 0.1) is 36.2 Å². The first-order valence-corrected chi connectivity index (χ1v) is 17.5. The average Bonchev–Trinajstić information content (AvgIpc) is 3.37. The summed E-state index contributed by atoms with van der Waals surface area (Å²) in [5.74, 6) is -2.21. The van der Waals surface area contributed by atoms with Crippen LogP contribution in [-0.4, -0.2) is 108 Å². The number of carbonyl (C=O) groups is 5. The highest BCUT2D eigenvalue weighted by atomic mass is 79.9. The van der Waals surface area contributed by atoms with Crippen LogP contribution in [0.2, 0.25) is 0 Å². The van der Waals surface area contributed by atoms with E-state index in [1.165, 1.54) is 10.7 Å². The Balaban J connectivity index is 0.934. The van der Waals surface area contributed by atoms with Crippen molar-refractivity contribution in [1.29, 1.82) is 0 Å². The highest BCUT2D eigenvalue weighted by Gasteiger charge is 2.45. The third kappa shape index (κ3) is 7.87. The maximum atomic E-state index is 13.2. The number of nitrogens with one attached hydrogen (secondary N) is 4. The van der Waals surface area contributed by atoms with Crippen LogP contribution in [-0.2, 0) is 21.4 Å². The Labute approximate surface area is 302 Å². The number of nitrogens with zero attached hydrogens (tertiary/aromatic N) is 4. The minimum Gasteiger partial charge on any atom is -0.382 e. The number of ether oxygens (including phenoxy) is 1. The van der Waals surface area contributed by atoms with Gasteiger partial charge in [0.1, 0.15) is 10.5 Å². The molecule has 2 fully saturated rings. The van der Waals surface area contributed by atoms with Gasteiger partial charge < -0.3 is 25.6 Å². The summed E-state index contributed by atoms with van der Waals surface area (Å²) in [5, 5.41) is 15.8. The Hall–Kier alpha value is -4.93. The maximum Gasteiger partial charge on any atom is 0.282 e. The second-order valence-electron chi connectivity index (χ2n) is 12.9. The Bertz CT molecular complexity index is 1920. The van der Waals surface area contributed by atoms with Crippen molar-refractivity contribution in [3.05, 3.63) is 85.7 Å². The fourth-order valence-corrected chi connectivity index (χ4v) is 7.24. The zero-order chi connectivity index (χ0) is 36.2. The molecule has 6 rings (SSSR count). The standard InChI is InChI=1S/C35H39BrN8O7/c1-42-18-22(16-23(19-42)40-26-17-39-43(2)35(50)30(26)36)20-6-8-21(9-7-20)31(46)38-13-15-51-14-12-37-25-5-3-4-24-29(25)34(49)44(33(24)48)27-10-11-28(45)41-32(27)47/h3-9,17,22-23,27,37,40H,10-16,18-19H2,1-2H3,(H,38,46)(H,41,45,47). The molecule has 15 nitrogen and oxygen atoms in total. The van der Waals surface area contributed by atoms with Crippen LogP contribution in [0.1, 0.15) is 61.8 Å². The number of imide groups is 2. The van der Waals surface area contributed by atoms with Gasteiger partial charge in [-0.1, -0.05) is 18.2 Å². The lowest BCUT2D eigenvalue weighted by Gasteiger charge is -2.37. The van der Waals surface area contributed by atoms with E-state index in [-0.39, 0.29) is 60.6 Å². The molecule has 2 saturated heterocycles. The number of piperidine rings is 2. The van der Waals surface area contributed by atoms with Gasteiger partial charge in [-0.05, 0) is 71.6 Å². The van der Waals surface area contributed by atoms with Gasteiger partial charge in [-0.25, -0.2) is 4.68 Å². The number of likely N-dealkylation sites (tertiary alicyclic amines) is 1. The van der Waals surface area contributed by atoms with Gasteiger partial charge in [-0.15, -0.1) is 0 Å². The summed E-state index contributed by atoms with van der Waals surface area (Å²) in [6.07, 6.45) is 2.64. The minimum absolute atomic E-state index is 0.0508. The Morgan fingerprint density at radius 3 is 2.51 bits per heavy atom. The molecule has 268 valence electrons. The van der Waals surface area contributed by atoms with Gasteiger partial charge >= 0.3 is 0 Å². The molecule has 3 unspecified atom stereocenters. The van der Waals surface area contributed by atoms with Gasteiger partial charge in [-0.2, -0.15) is 5.10 Å². The van der Waals surface area contributed by atoms with E-state index in [4.69, 9.17) is 4.74 Å². The second-order valence-corrected chi connectivity index (χ2v) is 13.7. The summed E-state index contributed by atoms with van der Waals surface area (Å²) in [6.45, 7) is 2.85. The topological polar surface area (TPSA) is 184 Å². The SMILES string of the molecule is CN1CC(Nc2cnn(C)c(=O)c2Br)CC(c2ccc(C(=O)NCCOCCNc3cccc4c3C(=O)N(C3CCC(=O)NC3=O)C4=O)cc2)C1. The molecular weight excluding hydrogens is 724 g/mol. The summed E-state index contributed by atoms with van der Waals surface area (Å²) in [7, 11) is 3.67. The summed E-state index contributed by atoms with van der Waals surface area (Å²) in [4.78, 5) is 78.4. The van der Waals surface area contributed by atoms with Crippen LogP contribution < -0.4 is 26.8 Å². The molecular formula is C35H39BrN8O7. The molecule has 4 heterocycles. The molecule has 51 heavy (non-hydrogen) atoms. The Kier molecular flexibility index (Phi) is 10.9. The van der Waals surface area contributed by atoms with Gasteiger partial charge in [0.25, 0.3) is 23.3 Å². The van der Waals surface area contributed by atoms with E-state index in [9.17, 15) is 28.8 Å². The first kappa shape index (κ1) is 35.9. The zero-order valence-electron chi connectivity index (χ0n) is 28.2. The number of hydrogen-bond donors (Lipinski definition) is 4. The lowest BCUT2D eigenvalue weighted by Crippen LogP contribution is -2.54. The Morgan fingerprint density at radius 1 is 0.980 bits per heavy atom. The largest absolute Gasteiger partial charge is 0.382 e.